The number of aryl methyl sites for hydroxylation is 1. The van der Waals surface area contributed by atoms with Crippen LogP contribution in [0.4, 0.5) is 0 Å². The molecule has 100 valence electrons. The normalized spacial score (nSPS) is 12.9. The van der Waals surface area contributed by atoms with Crippen molar-refractivity contribution < 1.29 is 9.84 Å². The molecule has 18 heavy (non-hydrogen) atoms. The maximum Gasteiger partial charge on any atom is 0.126 e. The Bertz CT molecular complexity index is 381. The van der Waals surface area contributed by atoms with Gasteiger partial charge in [0.15, 0.2) is 0 Å². The highest BCUT2D eigenvalue weighted by Crippen LogP contribution is 2.21. The third-order valence-electron chi connectivity index (χ3n) is 2.93. The Hall–Kier alpha value is -1.28. The van der Waals surface area contributed by atoms with Gasteiger partial charge in [0.2, 0.25) is 0 Å². The maximum atomic E-state index is 9.15. The number of aliphatic hydroxyl groups excluding tert-OH is 1. The predicted octanol–water partition coefficient (Wildman–Crippen LogP) is 3.96. The molecule has 0 aliphatic heterocycles. The molecule has 0 aliphatic carbocycles. The fourth-order valence-corrected chi connectivity index (χ4v) is 1.90. The Morgan fingerprint density at radius 2 is 2.11 bits per heavy atom. The number of rotatable bonds is 7. The highest BCUT2D eigenvalue weighted by atomic mass is 16.5. The number of methoxy groups -OCH3 is 1. The van der Waals surface area contributed by atoms with E-state index in [0.29, 0.717) is 0 Å². The molecule has 0 radical (unpaired) electrons. The first-order valence-electron chi connectivity index (χ1n) is 6.62. The summed E-state index contributed by atoms with van der Waals surface area (Å²) in [6, 6.07) is 6.19. The van der Waals surface area contributed by atoms with Crippen molar-refractivity contribution in [3.05, 3.63) is 35.4 Å². The fraction of sp³-hybridized carbons (Fsp3) is 0.500. The number of hydrogen-bond donors (Lipinski definition) is 1. The highest BCUT2D eigenvalue weighted by molar-refractivity contribution is 5.58. The van der Waals surface area contributed by atoms with Crippen molar-refractivity contribution in [3.8, 4) is 5.75 Å². The minimum Gasteiger partial charge on any atom is -0.496 e. The lowest BCUT2D eigenvalue weighted by molar-refractivity contribution is 0.181. The molecular weight excluding hydrogens is 224 g/mol. The molecule has 0 bridgehead atoms. The highest BCUT2D eigenvalue weighted by Gasteiger charge is 1.99. The van der Waals surface area contributed by atoms with E-state index in [1.807, 2.05) is 13.0 Å². The smallest absolute Gasteiger partial charge is 0.126 e. The summed E-state index contributed by atoms with van der Waals surface area (Å²) >= 11 is 0. The van der Waals surface area contributed by atoms with E-state index in [9.17, 15) is 0 Å². The van der Waals surface area contributed by atoms with E-state index in [1.165, 1.54) is 5.56 Å². The Balaban J connectivity index is 2.43. The molecule has 0 aromatic heterocycles. The number of aliphatic hydroxyl groups is 1. The van der Waals surface area contributed by atoms with Crippen molar-refractivity contribution in [3.63, 3.8) is 0 Å². The second kappa shape index (κ2) is 7.93. The number of hydrogen-bond acceptors (Lipinski definition) is 2. The van der Waals surface area contributed by atoms with Crippen LogP contribution < -0.4 is 4.74 Å². The van der Waals surface area contributed by atoms with Gasteiger partial charge in [-0.1, -0.05) is 30.2 Å². The zero-order chi connectivity index (χ0) is 13.4. The summed E-state index contributed by atoms with van der Waals surface area (Å²) in [6.07, 6.45) is 8.26. The second-order valence-electron chi connectivity index (χ2n) is 4.78. The minimum absolute atomic E-state index is 0.175. The molecule has 0 saturated carbocycles. The van der Waals surface area contributed by atoms with E-state index in [0.717, 1.165) is 37.0 Å². The van der Waals surface area contributed by atoms with Gasteiger partial charge >= 0.3 is 0 Å². The molecule has 2 heteroatoms. The van der Waals surface area contributed by atoms with Gasteiger partial charge in [-0.05, 0) is 45.2 Å². The summed E-state index contributed by atoms with van der Waals surface area (Å²) in [5.41, 5.74) is 2.37. The first-order chi connectivity index (χ1) is 8.63. The second-order valence-corrected chi connectivity index (χ2v) is 4.78. The fourth-order valence-electron chi connectivity index (χ4n) is 1.90. The van der Waals surface area contributed by atoms with E-state index in [2.05, 4.69) is 31.2 Å². The molecule has 1 aromatic carbocycles. The van der Waals surface area contributed by atoms with Crippen LogP contribution in [0, 0.1) is 6.92 Å². The lowest BCUT2D eigenvalue weighted by Crippen LogP contribution is -1.97. The molecule has 1 rings (SSSR count). The Kier molecular flexibility index (Phi) is 6.51. The van der Waals surface area contributed by atoms with E-state index in [4.69, 9.17) is 9.84 Å². The van der Waals surface area contributed by atoms with Crippen LogP contribution in [-0.2, 0) is 0 Å². The van der Waals surface area contributed by atoms with Gasteiger partial charge in [-0.3, -0.25) is 0 Å². The summed E-state index contributed by atoms with van der Waals surface area (Å²) in [7, 11) is 1.70. The van der Waals surface area contributed by atoms with Crippen LogP contribution >= 0.6 is 0 Å². The number of unbranched alkanes of at least 4 members (excludes halogenated alkanes) is 2. The van der Waals surface area contributed by atoms with Gasteiger partial charge in [0.05, 0.1) is 13.2 Å². The van der Waals surface area contributed by atoms with Gasteiger partial charge < -0.3 is 9.84 Å². The van der Waals surface area contributed by atoms with E-state index >= 15 is 0 Å². The van der Waals surface area contributed by atoms with Gasteiger partial charge in [-0.2, -0.15) is 0 Å². The average Bonchev–Trinajstić information content (AvgIpc) is 2.33. The van der Waals surface area contributed by atoms with Crippen LogP contribution in [0.15, 0.2) is 24.3 Å². The number of benzene rings is 1. The monoisotopic (exact) mass is 248 g/mol. The zero-order valence-corrected chi connectivity index (χ0v) is 11.6. The minimum atomic E-state index is -0.175. The van der Waals surface area contributed by atoms with Crippen molar-refractivity contribution in [2.75, 3.05) is 7.11 Å². The molecule has 0 fully saturated rings. The first-order valence-corrected chi connectivity index (χ1v) is 6.62. The quantitative estimate of drug-likeness (QED) is 0.740. The van der Waals surface area contributed by atoms with Gasteiger partial charge in [0.1, 0.15) is 5.75 Å². The first kappa shape index (κ1) is 14.8. The maximum absolute atomic E-state index is 9.15. The Morgan fingerprint density at radius 1 is 1.33 bits per heavy atom. The van der Waals surface area contributed by atoms with E-state index in [1.54, 1.807) is 7.11 Å². The Labute approximate surface area is 110 Å². The van der Waals surface area contributed by atoms with Gasteiger partial charge in [-0.15, -0.1) is 0 Å². The molecule has 1 N–H and O–H groups in total. The van der Waals surface area contributed by atoms with Crippen molar-refractivity contribution in [2.45, 2.75) is 45.6 Å². The molecule has 0 amide bonds. The standard InChI is InChI=1S/C16H24O2/c1-13-10-11-16(18-3)15(12-13)9-7-5-4-6-8-14(2)17/h7,9-12,14,17H,4-6,8H2,1-3H3/b9-7+/t14-/m0/s1. The molecule has 1 aromatic rings. The van der Waals surface area contributed by atoms with Gasteiger partial charge in [-0.25, -0.2) is 0 Å². The van der Waals surface area contributed by atoms with Gasteiger partial charge in [0.25, 0.3) is 0 Å². The van der Waals surface area contributed by atoms with Crippen LogP contribution in [0.5, 0.6) is 5.75 Å². The molecule has 0 unspecified atom stereocenters. The molecule has 0 heterocycles. The van der Waals surface area contributed by atoms with Gasteiger partial charge in [0, 0.05) is 5.56 Å². The predicted molar refractivity (Wildman–Crippen MR) is 76.9 cm³/mol. The summed E-state index contributed by atoms with van der Waals surface area (Å²) in [6.45, 7) is 3.92. The van der Waals surface area contributed by atoms with Crippen molar-refractivity contribution in [1.29, 1.82) is 0 Å². The molecule has 0 saturated heterocycles. The zero-order valence-electron chi connectivity index (χ0n) is 11.6. The van der Waals surface area contributed by atoms with E-state index < -0.39 is 0 Å². The summed E-state index contributed by atoms with van der Waals surface area (Å²) in [5, 5.41) is 9.15. The van der Waals surface area contributed by atoms with Crippen LogP contribution in [0.3, 0.4) is 0 Å². The topological polar surface area (TPSA) is 29.5 Å². The van der Waals surface area contributed by atoms with Crippen LogP contribution in [0.25, 0.3) is 6.08 Å². The molecule has 1 atom stereocenters. The van der Waals surface area contributed by atoms with Crippen LogP contribution in [0.1, 0.15) is 43.7 Å². The number of ether oxygens (including phenoxy) is 1. The average molecular weight is 248 g/mol. The van der Waals surface area contributed by atoms with Crippen molar-refractivity contribution >= 4 is 6.08 Å². The molecule has 0 aliphatic rings. The molecular formula is C16H24O2. The molecule has 2 nitrogen and oxygen atoms in total. The van der Waals surface area contributed by atoms with Crippen molar-refractivity contribution in [1.82, 2.24) is 0 Å². The SMILES string of the molecule is COc1ccc(C)cc1/C=C/CCCC[C@H](C)O. The lowest BCUT2D eigenvalue weighted by atomic mass is 10.1. The van der Waals surface area contributed by atoms with Crippen LogP contribution in [0.2, 0.25) is 0 Å². The van der Waals surface area contributed by atoms with Crippen molar-refractivity contribution in [2.24, 2.45) is 0 Å². The van der Waals surface area contributed by atoms with Crippen LogP contribution in [-0.4, -0.2) is 18.3 Å². The summed E-state index contributed by atoms with van der Waals surface area (Å²) in [5.74, 6) is 0.917. The third-order valence-corrected chi connectivity index (χ3v) is 2.93. The largest absolute Gasteiger partial charge is 0.496 e. The number of allylic oxidation sites excluding steroid dienone is 1. The summed E-state index contributed by atoms with van der Waals surface area (Å²) < 4.78 is 5.33. The van der Waals surface area contributed by atoms with E-state index in [-0.39, 0.29) is 6.10 Å². The Morgan fingerprint density at radius 3 is 2.78 bits per heavy atom. The molecule has 0 spiro atoms. The summed E-state index contributed by atoms with van der Waals surface area (Å²) in [4.78, 5) is 0. The third kappa shape index (κ3) is 5.37. The lowest BCUT2D eigenvalue weighted by Gasteiger charge is -2.05.